The van der Waals surface area contributed by atoms with E-state index < -0.39 is 0 Å². The molecule has 2 rings (SSSR count). The van der Waals surface area contributed by atoms with Crippen LogP contribution in [0.1, 0.15) is 53.9 Å². The molecule has 0 unspecified atom stereocenters. The molecule has 1 aromatic carbocycles. The van der Waals surface area contributed by atoms with Crippen molar-refractivity contribution in [1.82, 2.24) is 0 Å². The zero-order chi connectivity index (χ0) is 11.4. The molecular weight excluding hydrogens is 264 g/mol. The average Bonchev–Trinajstić information content (AvgIpc) is 2.39. The van der Waals surface area contributed by atoms with Crippen LogP contribution in [0.4, 0.5) is 0 Å². The van der Waals surface area contributed by atoms with E-state index in [1.165, 1.54) is 37.7 Å². The fourth-order valence-corrected chi connectivity index (χ4v) is 2.78. The minimum absolute atomic E-state index is 0.162. The van der Waals surface area contributed by atoms with E-state index in [1.54, 1.807) is 0 Å². The third-order valence-electron chi connectivity index (χ3n) is 3.43. The number of ketones is 1. The van der Waals surface area contributed by atoms with Crippen LogP contribution in [0.25, 0.3) is 0 Å². The van der Waals surface area contributed by atoms with Gasteiger partial charge in [0, 0.05) is 5.56 Å². The van der Waals surface area contributed by atoms with Crippen molar-refractivity contribution in [2.75, 3.05) is 5.33 Å². The highest BCUT2D eigenvalue weighted by atomic mass is 79.9. The number of hydrogen-bond acceptors (Lipinski definition) is 1. The molecule has 0 amide bonds. The van der Waals surface area contributed by atoms with Crippen LogP contribution in [0.2, 0.25) is 0 Å². The first kappa shape index (κ1) is 11.8. The van der Waals surface area contributed by atoms with E-state index in [0.29, 0.717) is 5.33 Å². The summed E-state index contributed by atoms with van der Waals surface area (Å²) in [5, 5.41) is 0.412. The molecular formula is C14H17BrO. The van der Waals surface area contributed by atoms with Gasteiger partial charge in [-0.25, -0.2) is 0 Å². The van der Waals surface area contributed by atoms with Gasteiger partial charge in [0.15, 0.2) is 5.78 Å². The largest absolute Gasteiger partial charge is 0.293 e. The van der Waals surface area contributed by atoms with E-state index in [-0.39, 0.29) is 5.78 Å². The summed E-state index contributed by atoms with van der Waals surface area (Å²) >= 11 is 3.20. The molecule has 16 heavy (non-hydrogen) atoms. The number of rotatable bonds is 3. The molecule has 1 fully saturated rings. The van der Waals surface area contributed by atoms with Gasteiger partial charge in [0.2, 0.25) is 0 Å². The Kier molecular flexibility index (Phi) is 4.16. The van der Waals surface area contributed by atoms with Crippen LogP contribution >= 0.6 is 15.9 Å². The van der Waals surface area contributed by atoms with Crippen molar-refractivity contribution >= 4 is 21.7 Å². The Morgan fingerprint density at radius 1 is 1.12 bits per heavy atom. The Hall–Kier alpha value is -0.630. The predicted molar refractivity (Wildman–Crippen MR) is 70.4 cm³/mol. The molecule has 0 atom stereocenters. The first-order chi connectivity index (χ1) is 7.81. The van der Waals surface area contributed by atoms with Crippen LogP contribution in [0.5, 0.6) is 0 Å². The van der Waals surface area contributed by atoms with Gasteiger partial charge >= 0.3 is 0 Å². The first-order valence-electron chi connectivity index (χ1n) is 6.00. The van der Waals surface area contributed by atoms with Crippen LogP contribution in [-0.4, -0.2) is 11.1 Å². The minimum atomic E-state index is 0.162. The summed E-state index contributed by atoms with van der Waals surface area (Å²) in [6.45, 7) is 0. The van der Waals surface area contributed by atoms with Gasteiger partial charge in [0.25, 0.3) is 0 Å². The quantitative estimate of drug-likeness (QED) is 0.596. The summed E-state index contributed by atoms with van der Waals surface area (Å²) in [5.41, 5.74) is 2.22. The highest BCUT2D eigenvalue weighted by molar-refractivity contribution is 9.09. The van der Waals surface area contributed by atoms with Crippen molar-refractivity contribution in [1.29, 1.82) is 0 Å². The third-order valence-corrected chi connectivity index (χ3v) is 3.94. The maximum Gasteiger partial charge on any atom is 0.173 e. The van der Waals surface area contributed by atoms with E-state index in [2.05, 4.69) is 28.1 Å². The van der Waals surface area contributed by atoms with Crippen LogP contribution in [0.15, 0.2) is 24.3 Å². The summed E-state index contributed by atoms with van der Waals surface area (Å²) in [7, 11) is 0. The molecule has 0 aliphatic heterocycles. The van der Waals surface area contributed by atoms with Crippen molar-refractivity contribution < 1.29 is 4.79 Å². The predicted octanol–water partition coefficient (Wildman–Crippen LogP) is 4.31. The molecule has 1 aliphatic carbocycles. The highest BCUT2D eigenvalue weighted by Crippen LogP contribution is 2.32. The van der Waals surface area contributed by atoms with Gasteiger partial charge in [-0.1, -0.05) is 59.5 Å². The lowest BCUT2D eigenvalue weighted by Gasteiger charge is -2.21. The molecule has 0 spiro atoms. The number of Topliss-reactive ketones (excluding diaryl/α,β-unsaturated/α-hetero) is 1. The maximum atomic E-state index is 11.5. The molecule has 0 saturated heterocycles. The number of benzene rings is 1. The lowest BCUT2D eigenvalue weighted by atomic mass is 9.84. The van der Waals surface area contributed by atoms with Crippen molar-refractivity contribution in [3.05, 3.63) is 35.4 Å². The summed E-state index contributed by atoms with van der Waals surface area (Å²) in [4.78, 5) is 11.5. The van der Waals surface area contributed by atoms with E-state index in [9.17, 15) is 4.79 Å². The molecule has 0 radical (unpaired) electrons. The Morgan fingerprint density at radius 2 is 1.75 bits per heavy atom. The molecule has 1 nitrogen and oxygen atoms in total. The third kappa shape index (κ3) is 2.73. The second kappa shape index (κ2) is 5.62. The average molecular weight is 281 g/mol. The zero-order valence-electron chi connectivity index (χ0n) is 9.42. The molecule has 2 heteroatoms. The lowest BCUT2D eigenvalue weighted by molar-refractivity contribution is 0.102. The number of halogens is 1. The number of carbonyl (C=O) groups is 1. The first-order valence-corrected chi connectivity index (χ1v) is 7.12. The maximum absolute atomic E-state index is 11.5. The molecule has 1 aromatic rings. The zero-order valence-corrected chi connectivity index (χ0v) is 11.0. The van der Waals surface area contributed by atoms with E-state index in [4.69, 9.17) is 0 Å². The summed E-state index contributed by atoms with van der Waals surface area (Å²) < 4.78 is 0. The molecule has 0 aromatic heterocycles. The Bertz CT molecular complexity index is 350. The summed E-state index contributed by atoms with van der Waals surface area (Å²) in [6.07, 6.45) is 6.72. The van der Waals surface area contributed by atoms with E-state index in [0.717, 1.165) is 11.5 Å². The van der Waals surface area contributed by atoms with Gasteiger partial charge in [0.05, 0.1) is 5.33 Å². The second-order valence-corrected chi connectivity index (χ2v) is 5.07. The van der Waals surface area contributed by atoms with Gasteiger partial charge in [-0.2, -0.15) is 0 Å². The van der Waals surface area contributed by atoms with Gasteiger partial charge in [-0.3, -0.25) is 4.79 Å². The van der Waals surface area contributed by atoms with Crippen LogP contribution in [0, 0.1) is 0 Å². The Labute approximate surface area is 105 Å². The second-order valence-electron chi connectivity index (χ2n) is 4.51. The Morgan fingerprint density at radius 3 is 2.31 bits per heavy atom. The van der Waals surface area contributed by atoms with Crippen molar-refractivity contribution in [2.24, 2.45) is 0 Å². The van der Waals surface area contributed by atoms with E-state index >= 15 is 0 Å². The fourth-order valence-electron chi connectivity index (χ4n) is 2.45. The smallest absolute Gasteiger partial charge is 0.173 e. The lowest BCUT2D eigenvalue weighted by Crippen LogP contribution is -2.05. The highest BCUT2D eigenvalue weighted by Gasteiger charge is 2.15. The van der Waals surface area contributed by atoms with Crippen LogP contribution < -0.4 is 0 Å². The minimum Gasteiger partial charge on any atom is -0.293 e. The SMILES string of the molecule is O=C(CBr)c1ccc(C2CCCCC2)cc1. The molecule has 0 bridgehead atoms. The van der Waals surface area contributed by atoms with Crippen molar-refractivity contribution in [3.63, 3.8) is 0 Å². The van der Waals surface area contributed by atoms with Crippen LogP contribution in [-0.2, 0) is 0 Å². The van der Waals surface area contributed by atoms with Gasteiger partial charge in [-0.05, 0) is 24.3 Å². The topological polar surface area (TPSA) is 17.1 Å². The van der Waals surface area contributed by atoms with Gasteiger partial charge in [-0.15, -0.1) is 0 Å². The van der Waals surface area contributed by atoms with Gasteiger partial charge in [0.1, 0.15) is 0 Å². The van der Waals surface area contributed by atoms with Gasteiger partial charge < -0.3 is 0 Å². The Balaban J connectivity index is 2.09. The molecule has 1 saturated carbocycles. The molecule has 1 aliphatic rings. The number of carbonyl (C=O) groups excluding carboxylic acids is 1. The normalized spacial score (nSPS) is 17.3. The summed E-state index contributed by atoms with van der Waals surface area (Å²) in [6, 6.07) is 8.19. The number of alkyl halides is 1. The molecule has 86 valence electrons. The standard InChI is InChI=1S/C14H17BrO/c15-10-14(16)13-8-6-12(7-9-13)11-4-2-1-3-5-11/h6-9,11H,1-5,10H2. The van der Waals surface area contributed by atoms with Crippen LogP contribution in [0.3, 0.4) is 0 Å². The fraction of sp³-hybridized carbons (Fsp3) is 0.500. The molecule has 0 heterocycles. The van der Waals surface area contributed by atoms with E-state index in [1.807, 2.05) is 12.1 Å². The van der Waals surface area contributed by atoms with Crippen molar-refractivity contribution in [2.45, 2.75) is 38.0 Å². The summed E-state index contributed by atoms with van der Waals surface area (Å²) in [5.74, 6) is 0.886. The molecule has 0 N–H and O–H groups in total. The monoisotopic (exact) mass is 280 g/mol. The number of hydrogen-bond donors (Lipinski definition) is 0. The van der Waals surface area contributed by atoms with Crippen molar-refractivity contribution in [3.8, 4) is 0 Å².